The molecule has 6 nitrogen and oxygen atoms in total. The van der Waals surface area contributed by atoms with Crippen molar-refractivity contribution in [3.8, 4) is 0 Å². The number of benzene rings is 5. The van der Waals surface area contributed by atoms with Gasteiger partial charge in [0.15, 0.2) is 0 Å². The summed E-state index contributed by atoms with van der Waals surface area (Å²) in [7, 11) is 0. The molecule has 0 radical (unpaired) electrons. The number of nitrogens with zero attached hydrogens (tertiary/aromatic N) is 2. The van der Waals surface area contributed by atoms with Crippen LogP contribution >= 0.6 is 0 Å². The van der Waals surface area contributed by atoms with E-state index >= 15 is 0 Å². The Balaban J connectivity index is 1.14. The van der Waals surface area contributed by atoms with Crippen molar-refractivity contribution in [3.63, 3.8) is 0 Å². The van der Waals surface area contributed by atoms with Crippen LogP contribution in [0.3, 0.4) is 0 Å². The highest BCUT2D eigenvalue weighted by molar-refractivity contribution is 6.27. The zero-order valence-corrected chi connectivity index (χ0v) is 25.9. The summed E-state index contributed by atoms with van der Waals surface area (Å²) in [4.78, 5) is 61.2. The highest BCUT2D eigenvalue weighted by Gasteiger charge is 2.67. The van der Waals surface area contributed by atoms with Crippen molar-refractivity contribution < 1.29 is 19.2 Å². The molecular formula is C42H30N2O4. The zero-order chi connectivity index (χ0) is 32.3. The maximum Gasteiger partial charge on any atom is 0.238 e. The molecule has 0 N–H and O–H groups in total. The number of rotatable bonds is 3. The minimum Gasteiger partial charge on any atom is -0.274 e. The van der Waals surface area contributed by atoms with E-state index in [1.165, 1.54) is 9.80 Å². The van der Waals surface area contributed by atoms with Gasteiger partial charge in [0.05, 0.1) is 35.0 Å². The second kappa shape index (κ2) is 9.94. The van der Waals surface area contributed by atoms with Crippen molar-refractivity contribution >= 4 is 62.1 Å². The topological polar surface area (TPSA) is 74.8 Å². The summed E-state index contributed by atoms with van der Waals surface area (Å²) in [6, 6.07) is 37.1. The smallest absolute Gasteiger partial charge is 0.238 e. The third-order valence-electron chi connectivity index (χ3n) is 11.6. The largest absolute Gasteiger partial charge is 0.274 e. The molecule has 2 bridgehead atoms. The highest BCUT2D eigenvalue weighted by atomic mass is 16.2. The number of imide groups is 2. The number of amides is 4. The van der Waals surface area contributed by atoms with Gasteiger partial charge < -0.3 is 0 Å². The highest BCUT2D eigenvalue weighted by Crippen LogP contribution is 2.63. The molecule has 6 aliphatic rings. The molecule has 5 aromatic rings. The summed E-state index contributed by atoms with van der Waals surface area (Å²) < 4.78 is 0. The molecule has 5 aromatic carbocycles. The number of hydrogen-bond acceptors (Lipinski definition) is 4. The third kappa shape index (κ3) is 3.52. The maximum atomic E-state index is 14.7. The Morgan fingerprint density at radius 2 is 1.02 bits per heavy atom. The number of fused-ring (bicyclic) bond motifs is 3. The van der Waals surface area contributed by atoms with Crippen LogP contribution in [0.1, 0.15) is 12.0 Å². The van der Waals surface area contributed by atoms with Gasteiger partial charge in [0.25, 0.3) is 0 Å². The van der Waals surface area contributed by atoms with E-state index in [9.17, 15) is 19.2 Å². The Hall–Kier alpha value is -5.62. The van der Waals surface area contributed by atoms with Crippen molar-refractivity contribution in [2.45, 2.75) is 6.42 Å². The van der Waals surface area contributed by atoms with Gasteiger partial charge in [-0.05, 0) is 46.4 Å². The van der Waals surface area contributed by atoms with Crippen molar-refractivity contribution in [1.82, 2.24) is 0 Å². The molecule has 232 valence electrons. The first-order chi connectivity index (χ1) is 23.5. The van der Waals surface area contributed by atoms with Crippen LogP contribution in [0, 0.1) is 41.4 Å². The van der Waals surface area contributed by atoms with Crippen LogP contribution < -0.4 is 9.80 Å². The van der Waals surface area contributed by atoms with E-state index in [2.05, 4.69) is 24.3 Å². The molecule has 3 fully saturated rings. The predicted octanol–water partition coefficient (Wildman–Crippen LogP) is 7.19. The Morgan fingerprint density at radius 1 is 0.479 bits per heavy atom. The van der Waals surface area contributed by atoms with E-state index in [4.69, 9.17) is 0 Å². The second-order valence-corrected chi connectivity index (χ2v) is 13.7. The summed E-state index contributed by atoms with van der Waals surface area (Å²) in [5.74, 6) is -4.25. The van der Waals surface area contributed by atoms with Gasteiger partial charge in [-0.25, -0.2) is 9.80 Å². The lowest BCUT2D eigenvalue weighted by Crippen LogP contribution is -2.51. The van der Waals surface area contributed by atoms with Crippen molar-refractivity contribution in [1.29, 1.82) is 0 Å². The van der Waals surface area contributed by atoms with Gasteiger partial charge in [0.2, 0.25) is 23.6 Å². The standard InChI is InChI=1S/C42H30N2O4/c45-39-31-22-30(25-10-2-1-3-11-25)34-28-20-21-29(35(34)38(31)42(48)43(39)32-18-8-14-23-12-4-6-16-26(23)32)37-36(28)40(46)44(41(37)47)33-19-9-15-24-13-5-7-17-27(24)33/h1-21,28-29,31,35-38H,22H2/t28-,29-,31-,35-,36-,37+,38-/m1/s1. The van der Waals surface area contributed by atoms with Gasteiger partial charge in [-0.1, -0.05) is 121 Å². The molecule has 4 aliphatic carbocycles. The average Bonchev–Trinajstić information content (AvgIpc) is 3.56. The minimum absolute atomic E-state index is 0.188. The second-order valence-electron chi connectivity index (χ2n) is 13.7. The van der Waals surface area contributed by atoms with Crippen LogP contribution in [0.2, 0.25) is 0 Å². The molecule has 6 heteroatoms. The molecule has 7 atom stereocenters. The van der Waals surface area contributed by atoms with E-state index < -0.39 is 23.7 Å². The maximum absolute atomic E-state index is 14.7. The fraction of sp³-hybridized carbons (Fsp3) is 0.190. The van der Waals surface area contributed by atoms with Gasteiger partial charge in [-0.15, -0.1) is 0 Å². The van der Waals surface area contributed by atoms with Crippen LogP contribution in [-0.4, -0.2) is 23.6 Å². The monoisotopic (exact) mass is 626 g/mol. The summed E-state index contributed by atoms with van der Waals surface area (Å²) >= 11 is 0. The zero-order valence-electron chi connectivity index (χ0n) is 25.9. The third-order valence-corrected chi connectivity index (χ3v) is 11.6. The van der Waals surface area contributed by atoms with Crippen molar-refractivity contribution in [3.05, 3.63) is 139 Å². The lowest BCUT2D eigenvalue weighted by atomic mass is 9.49. The van der Waals surface area contributed by atoms with Crippen molar-refractivity contribution in [2.75, 3.05) is 9.80 Å². The number of carbonyl (C=O) groups is 4. The molecule has 2 heterocycles. The summed E-state index contributed by atoms with van der Waals surface area (Å²) in [5, 5.41) is 3.62. The van der Waals surface area contributed by atoms with Crippen LogP contribution in [0.5, 0.6) is 0 Å². The minimum atomic E-state index is -0.619. The first-order valence-corrected chi connectivity index (χ1v) is 16.7. The Labute approximate surface area is 277 Å². The Kier molecular flexibility index (Phi) is 5.69. The number of hydrogen-bond donors (Lipinski definition) is 0. The normalized spacial score (nSPS) is 28.9. The van der Waals surface area contributed by atoms with E-state index in [0.29, 0.717) is 17.8 Å². The predicted molar refractivity (Wildman–Crippen MR) is 184 cm³/mol. The SMILES string of the molecule is O=C1[C@H]2[C@@H]3C=C[C@H](C4=C(c5ccccc5)C[C@H]5C(=O)N(c6cccc7ccccc67)C(=O)[C@H]5[C@@H]43)[C@H]2C(=O)N1c1cccc2ccccc12. The molecule has 11 rings (SSSR count). The molecule has 1 saturated carbocycles. The lowest BCUT2D eigenvalue weighted by Gasteiger charge is -2.51. The molecule has 2 aliphatic heterocycles. The molecule has 0 aromatic heterocycles. The van der Waals surface area contributed by atoms with Gasteiger partial charge in [-0.2, -0.15) is 0 Å². The number of carbonyl (C=O) groups excluding carboxylic acids is 4. The molecule has 0 unspecified atom stereocenters. The molecule has 4 amide bonds. The van der Waals surface area contributed by atoms with Crippen molar-refractivity contribution in [2.24, 2.45) is 41.4 Å². The molecule has 48 heavy (non-hydrogen) atoms. The lowest BCUT2D eigenvalue weighted by molar-refractivity contribution is -0.129. The fourth-order valence-corrected chi connectivity index (χ4v) is 9.80. The summed E-state index contributed by atoms with van der Waals surface area (Å²) in [6.07, 6.45) is 4.58. The number of anilines is 2. The average molecular weight is 627 g/mol. The van der Waals surface area contributed by atoms with Gasteiger partial charge in [-0.3, -0.25) is 19.2 Å². The number of allylic oxidation sites excluding steroid dienone is 4. The van der Waals surface area contributed by atoms with E-state index in [0.717, 1.165) is 38.3 Å². The fourth-order valence-electron chi connectivity index (χ4n) is 9.80. The first kappa shape index (κ1) is 27.5. The molecular weight excluding hydrogens is 596 g/mol. The molecule has 2 saturated heterocycles. The van der Waals surface area contributed by atoms with E-state index in [1.54, 1.807) is 0 Å². The van der Waals surface area contributed by atoms with Crippen LogP contribution in [-0.2, 0) is 19.2 Å². The Morgan fingerprint density at radius 3 is 1.69 bits per heavy atom. The van der Waals surface area contributed by atoms with E-state index in [-0.39, 0.29) is 41.4 Å². The summed E-state index contributed by atoms with van der Waals surface area (Å²) in [5.41, 5.74) is 4.29. The van der Waals surface area contributed by atoms with Gasteiger partial charge in [0.1, 0.15) is 0 Å². The van der Waals surface area contributed by atoms with E-state index in [1.807, 2.05) is 103 Å². The summed E-state index contributed by atoms with van der Waals surface area (Å²) in [6.45, 7) is 0. The van der Waals surface area contributed by atoms with Crippen LogP contribution in [0.15, 0.2) is 133 Å². The first-order valence-electron chi connectivity index (χ1n) is 16.7. The quantitative estimate of drug-likeness (QED) is 0.157. The van der Waals surface area contributed by atoms with Crippen LogP contribution in [0.4, 0.5) is 11.4 Å². The van der Waals surface area contributed by atoms with Crippen LogP contribution in [0.25, 0.3) is 27.1 Å². The van der Waals surface area contributed by atoms with Gasteiger partial charge >= 0.3 is 0 Å². The Bertz CT molecular complexity index is 2310. The van der Waals surface area contributed by atoms with Gasteiger partial charge in [0, 0.05) is 22.6 Å². The molecule has 0 spiro atoms.